The van der Waals surface area contributed by atoms with E-state index >= 15 is 0 Å². The van der Waals surface area contributed by atoms with E-state index in [4.69, 9.17) is 9.73 Å². The van der Waals surface area contributed by atoms with E-state index in [1.54, 1.807) is 30.6 Å². The van der Waals surface area contributed by atoms with Gasteiger partial charge in [0.15, 0.2) is 4.80 Å². The van der Waals surface area contributed by atoms with Crippen molar-refractivity contribution in [2.45, 2.75) is 39.2 Å². The van der Waals surface area contributed by atoms with Gasteiger partial charge in [0.1, 0.15) is 11.6 Å². The molecule has 0 spiro atoms. The van der Waals surface area contributed by atoms with Crippen molar-refractivity contribution in [3.63, 3.8) is 0 Å². The van der Waals surface area contributed by atoms with Crippen LogP contribution in [0.3, 0.4) is 0 Å². The number of ether oxygens (including phenoxy) is 1. The monoisotopic (exact) mass is 384 g/mol. The zero-order chi connectivity index (χ0) is 19.1. The predicted octanol–water partition coefficient (Wildman–Crippen LogP) is 6.18. The average molecular weight is 385 g/mol. The van der Waals surface area contributed by atoms with E-state index in [1.165, 1.54) is 31.4 Å². The van der Waals surface area contributed by atoms with Crippen molar-refractivity contribution in [1.82, 2.24) is 4.57 Å². The van der Waals surface area contributed by atoms with E-state index in [1.807, 2.05) is 12.1 Å². The number of aromatic nitrogens is 1. The van der Waals surface area contributed by atoms with Gasteiger partial charge in [0.2, 0.25) is 0 Å². The van der Waals surface area contributed by atoms with Gasteiger partial charge in [-0.3, -0.25) is 0 Å². The van der Waals surface area contributed by atoms with Crippen LogP contribution in [0.4, 0.5) is 10.1 Å². The molecular weight excluding hydrogens is 359 g/mol. The minimum absolute atomic E-state index is 0.244. The Labute approximate surface area is 163 Å². The molecule has 0 aliphatic heterocycles. The molecule has 1 aromatic heterocycles. The van der Waals surface area contributed by atoms with Gasteiger partial charge in [-0.15, -0.1) is 11.3 Å². The Morgan fingerprint density at radius 2 is 1.74 bits per heavy atom. The molecule has 3 nitrogen and oxygen atoms in total. The lowest BCUT2D eigenvalue weighted by Crippen LogP contribution is -2.16. The molecule has 0 radical (unpaired) electrons. The molecule has 27 heavy (non-hydrogen) atoms. The normalized spacial score (nSPS) is 11.7. The highest BCUT2D eigenvalue weighted by molar-refractivity contribution is 7.07. The maximum absolute atomic E-state index is 13.2. The Kier molecular flexibility index (Phi) is 6.82. The number of halogens is 1. The Morgan fingerprint density at radius 1 is 1.00 bits per heavy atom. The van der Waals surface area contributed by atoms with Gasteiger partial charge in [0.05, 0.1) is 18.5 Å². The summed E-state index contributed by atoms with van der Waals surface area (Å²) in [7, 11) is 1.67. The SMILES string of the molecule is CCCCCCn1c(-c2ccc(OC)cc2)csc1=Nc1ccc(F)cc1. The summed E-state index contributed by atoms with van der Waals surface area (Å²) in [5.41, 5.74) is 3.06. The second-order valence-electron chi connectivity index (χ2n) is 6.43. The molecule has 5 heteroatoms. The average Bonchev–Trinajstić information content (AvgIpc) is 3.09. The lowest BCUT2D eigenvalue weighted by Gasteiger charge is -2.10. The van der Waals surface area contributed by atoms with Crippen molar-refractivity contribution < 1.29 is 9.13 Å². The highest BCUT2D eigenvalue weighted by atomic mass is 32.1. The van der Waals surface area contributed by atoms with Crippen LogP contribution in [0.1, 0.15) is 32.6 Å². The summed E-state index contributed by atoms with van der Waals surface area (Å²) in [6.45, 7) is 3.14. The van der Waals surface area contributed by atoms with Crippen molar-refractivity contribution >= 4 is 17.0 Å². The molecule has 1 heterocycles. The number of thiazole rings is 1. The van der Waals surface area contributed by atoms with Crippen LogP contribution in [-0.2, 0) is 6.54 Å². The maximum atomic E-state index is 13.2. The van der Waals surface area contributed by atoms with Crippen molar-refractivity contribution in [2.75, 3.05) is 7.11 Å². The number of hydrogen-bond donors (Lipinski definition) is 0. The second kappa shape index (κ2) is 9.51. The molecule has 0 bridgehead atoms. The number of nitrogens with zero attached hydrogens (tertiary/aromatic N) is 2. The molecule has 0 amide bonds. The number of benzene rings is 2. The third-order valence-electron chi connectivity index (χ3n) is 4.47. The first-order chi connectivity index (χ1) is 13.2. The predicted molar refractivity (Wildman–Crippen MR) is 110 cm³/mol. The molecule has 2 aromatic carbocycles. The highest BCUT2D eigenvalue weighted by Gasteiger charge is 2.08. The van der Waals surface area contributed by atoms with E-state index < -0.39 is 0 Å². The van der Waals surface area contributed by atoms with Crippen LogP contribution in [0.2, 0.25) is 0 Å². The van der Waals surface area contributed by atoms with Crippen molar-refractivity contribution in [1.29, 1.82) is 0 Å². The van der Waals surface area contributed by atoms with Gasteiger partial charge in [0.25, 0.3) is 0 Å². The lowest BCUT2D eigenvalue weighted by molar-refractivity contribution is 0.415. The van der Waals surface area contributed by atoms with Crippen LogP contribution in [-0.4, -0.2) is 11.7 Å². The van der Waals surface area contributed by atoms with Gasteiger partial charge in [-0.05, 0) is 60.5 Å². The molecular formula is C22H25FN2OS. The Bertz CT molecular complexity index is 911. The van der Waals surface area contributed by atoms with Crippen molar-refractivity contribution in [2.24, 2.45) is 4.99 Å². The molecule has 3 aromatic rings. The van der Waals surface area contributed by atoms with Crippen LogP contribution in [0, 0.1) is 5.82 Å². The van der Waals surface area contributed by atoms with Crippen LogP contribution >= 0.6 is 11.3 Å². The van der Waals surface area contributed by atoms with Crippen molar-refractivity contribution in [3.05, 3.63) is 64.5 Å². The van der Waals surface area contributed by atoms with E-state index in [9.17, 15) is 4.39 Å². The first-order valence-electron chi connectivity index (χ1n) is 9.34. The molecule has 0 aliphatic carbocycles. The fourth-order valence-electron chi connectivity index (χ4n) is 2.95. The summed E-state index contributed by atoms with van der Waals surface area (Å²) >= 11 is 1.62. The first kappa shape index (κ1) is 19.4. The summed E-state index contributed by atoms with van der Waals surface area (Å²) in [6.07, 6.45) is 4.78. The minimum atomic E-state index is -0.244. The fraction of sp³-hybridized carbons (Fsp3) is 0.318. The summed E-state index contributed by atoms with van der Waals surface area (Å²) in [4.78, 5) is 5.69. The van der Waals surface area contributed by atoms with Gasteiger partial charge in [-0.25, -0.2) is 9.38 Å². The third kappa shape index (κ3) is 5.07. The molecule has 0 saturated carbocycles. The minimum Gasteiger partial charge on any atom is -0.497 e. The molecule has 0 N–H and O–H groups in total. The van der Waals surface area contributed by atoms with Gasteiger partial charge in [-0.2, -0.15) is 0 Å². The van der Waals surface area contributed by atoms with Crippen LogP contribution in [0.15, 0.2) is 58.9 Å². The molecule has 142 valence electrons. The van der Waals surface area contributed by atoms with E-state index in [2.05, 4.69) is 29.0 Å². The number of methoxy groups -OCH3 is 1. The Hall–Kier alpha value is -2.40. The van der Waals surface area contributed by atoms with Crippen LogP contribution in [0.5, 0.6) is 5.75 Å². The Morgan fingerprint density at radius 3 is 2.41 bits per heavy atom. The molecule has 0 saturated heterocycles. The maximum Gasteiger partial charge on any atom is 0.190 e. The van der Waals surface area contributed by atoms with Crippen LogP contribution in [0.25, 0.3) is 11.3 Å². The van der Waals surface area contributed by atoms with E-state index in [0.717, 1.165) is 40.5 Å². The zero-order valence-corrected chi connectivity index (χ0v) is 16.6. The largest absolute Gasteiger partial charge is 0.497 e. The summed E-state index contributed by atoms with van der Waals surface area (Å²) in [5.74, 6) is 0.603. The topological polar surface area (TPSA) is 26.5 Å². The summed E-state index contributed by atoms with van der Waals surface area (Å²) in [6, 6.07) is 14.4. The van der Waals surface area contributed by atoms with E-state index in [-0.39, 0.29) is 5.82 Å². The molecule has 0 aliphatic rings. The standard InChI is InChI=1S/C22H25FN2OS/c1-3-4-5-6-15-25-21(17-7-13-20(26-2)14-8-17)16-27-22(25)24-19-11-9-18(23)10-12-19/h7-14,16H,3-6,15H2,1-2H3. The third-order valence-corrected chi connectivity index (χ3v) is 5.33. The summed E-state index contributed by atoms with van der Waals surface area (Å²) in [5, 5.41) is 2.14. The molecule has 0 fully saturated rings. The number of rotatable bonds is 8. The Balaban J connectivity index is 1.97. The van der Waals surface area contributed by atoms with E-state index in [0.29, 0.717) is 0 Å². The van der Waals surface area contributed by atoms with Gasteiger partial charge >= 0.3 is 0 Å². The summed E-state index contributed by atoms with van der Waals surface area (Å²) < 4.78 is 20.7. The first-order valence-corrected chi connectivity index (χ1v) is 10.2. The quantitative estimate of drug-likeness (QED) is 0.426. The number of unbranched alkanes of at least 4 members (excludes halogenated alkanes) is 3. The highest BCUT2D eigenvalue weighted by Crippen LogP contribution is 2.24. The van der Waals surface area contributed by atoms with Gasteiger partial charge in [-0.1, -0.05) is 26.2 Å². The van der Waals surface area contributed by atoms with Crippen molar-refractivity contribution in [3.8, 4) is 17.0 Å². The molecule has 0 atom stereocenters. The van der Waals surface area contributed by atoms with Gasteiger partial charge < -0.3 is 9.30 Å². The molecule has 0 unspecified atom stereocenters. The van der Waals surface area contributed by atoms with Crippen LogP contribution < -0.4 is 9.54 Å². The fourth-order valence-corrected chi connectivity index (χ4v) is 3.91. The zero-order valence-electron chi connectivity index (χ0n) is 15.8. The molecule has 3 rings (SSSR count). The second-order valence-corrected chi connectivity index (χ2v) is 7.27. The lowest BCUT2D eigenvalue weighted by atomic mass is 10.1. The number of hydrogen-bond acceptors (Lipinski definition) is 3. The van der Waals surface area contributed by atoms with Gasteiger partial charge in [0, 0.05) is 11.9 Å². The smallest absolute Gasteiger partial charge is 0.190 e.